The molecule has 1 amide bonds. The summed E-state index contributed by atoms with van der Waals surface area (Å²) in [5.41, 5.74) is 0.877. The van der Waals surface area contributed by atoms with E-state index in [2.05, 4.69) is 16.6 Å². The molecule has 0 saturated heterocycles. The van der Waals surface area contributed by atoms with Crippen LogP contribution in [0.3, 0.4) is 0 Å². The van der Waals surface area contributed by atoms with Gasteiger partial charge in [0, 0.05) is 17.0 Å². The van der Waals surface area contributed by atoms with Crippen molar-refractivity contribution >= 4 is 26.9 Å². The molecule has 0 aromatic heterocycles. The molecule has 2 aromatic rings. The molecule has 34 heavy (non-hydrogen) atoms. The van der Waals surface area contributed by atoms with Crippen molar-refractivity contribution < 1.29 is 35.3 Å². The molecule has 184 valence electrons. The summed E-state index contributed by atoms with van der Waals surface area (Å²) in [6.07, 6.45) is -5.48. The van der Waals surface area contributed by atoms with E-state index in [0.29, 0.717) is 11.1 Å². The number of hydrogen-bond acceptors (Lipinski definition) is 5. The lowest BCUT2D eigenvalue weighted by Gasteiger charge is -2.12. The number of alkyl halides is 3. The average molecular weight is 517 g/mol. The van der Waals surface area contributed by atoms with E-state index in [1.54, 1.807) is 0 Å². The highest BCUT2D eigenvalue weighted by molar-refractivity contribution is 7.90. The largest absolute Gasteiger partial charge is 0.391 e. The summed E-state index contributed by atoms with van der Waals surface area (Å²) >= 11 is 0. The van der Waals surface area contributed by atoms with Crippen molar-refractivity contribution in [3.63, 3.8) is 0 Å². The van der Waals surface area contributed by atoms with Crippen LogP contribution in [0.4, 0.5) is 13.2 Å². The fourth-order valence-electron chi connectivity index (χ4n) is 2.60. The van der Waals surface area contributed by atoms with Crippen molar-refractivity contribution in [2.24, 2.45) is 11.1 Å². The van der Waals surface area contributed by atoms with Crippen molar-refractivity contribution in [2.45, 2.75) is 42.8 Å². The van der Waals surface area contributed by atoms with Gasteiger partial charge >= 0.3 is 6.18 Å². The van der Waals surface area contributed by atoms with E-state index >= 15 is 0 Å². The second-order valence-corrected chi connectivity index (χ2v) is 10.1. The molecule has 2 aromatic carbocycles. The van der Waals surface area contributed by atoms with Crippen LogP contribution in [-0.2, 0) is 32.4 Å². The number of ether oxygens (including phenoxy) is 1. The van der Waals surface area contributed by atoms with Crippen molar-refractivity contribution in [3.05, 3.63) is 59.2 Å². The Morgan fingerprint density at radius 1 is 1.21 bits per heavy atom. The highest BCUT2D eigenvalue weighted by Crippen LogP contribution is 2.21. The van der Waals surface area contributed by atoms with E-state index in [4.69, 9.17) is 9.88 Å². The van der Waals surface area contributed by atoms with Gasteiger partial charge in [0.25, 0.3) is 5.91 Å². The molecule has 0 bridgehead atoms. The molecule has 0 radical (unpaired) electrons. The maximum absolute atomic E-state index is 12.7. The fourth-order valence-corrected chi connectivity index (χ4v) is 4.65. The minimum absolute atomic E-state index is 0.0308. The molecule has 2 rings (SSSR count). The standard InChI is InChI=1S/C22H23F3N2O5S2/c1-15(2)7-8-16-9-10-17(13-18(16)14-32-12-11-22(23,24)25)21(28)27-33(29)19-5-3-4-6-20(19)34(26,30)31/h3-6,9-10,13,15H,11-12,14H2,1-2H3,(H,27,28)(H2,26,30,31). The molecule has 0 heterocycles. The van der Waals surface area contributed by atoms with Gasteiger partial charge in [-0.15, -0.1) is 0 Å². The van der Waals surface area contributed by atoms with Crippen LogP contribution in [0.25, 0.3) is 0 Å². The summed E-state index contributed by atoms with van der Waals surface area (Å²) in [5, 5.41) is 5.14. The van der Waals surface area contributed by atoms with Crippen LogP contribution >= 0.6 is 0 Å². The Hall–Kier alpha value is -2.72. The van der Waals surface area contributed by atoms with E-state index in [1.165, 1.54) is 36.4 Å². The molecule has 1 atom stereocenters. The third kappa shape index (κ3) is 8.57. The summed E-state index contributed by atoms with van der Waals surface area (Å²) in [6.45, 7) is 2.94. The van der Waals surface area contributed by atoms with Gasteiger partial charge in [0.2, 0.25) is 10.0 Å². The van der Waals surface area contributed by atoms with Gasteiger partial charge in [0.15, 0.2) is 11.0 Å². The Balaban J connectivity index is 2.26. The van der Waals surface area contributed by atoms with Crippen LogP contribution in [0.15, 0.2) is 52.3 Å². The first-order valence-electron chi connectivity index (χ1n) is 9.91. The predicted octanol–water partition coefficient (Wildman–Crippen LogP) is 3.26. The van der Waals surface area contributed by atoms with Gasteiger partial charge in [-0.3, -0.25) is 9.52 Å². The molecule has 7 nitrogen and oxygen atoms in total. The lowest BCUT2D eigenvalue weighted by atomic mass is 10.0. The first-order chi connectivity index (χ1) is 15.8. The number of sulfonamides is 1. The van der Waals surface area contributed by atoms with Crippen molar-refractivity contribution in [3.8, 4) is 11.8 Å². The Kier molecular flexibility index (Phi) is 9.40. The number of benzene rings is 2. The zero-order chi connectivity index (χ0) is 25.5. The summed E-state index contributed by atoms with van der Waals surface area (Å²) in [5.74, 6) is 5.07. The second kappa shape index (κ2) is 11.6. The summed E-state index contributed by atoms with van der Waals surface area (Å²) in [4.78, 5) is 12.1. The smallest absolute Gasteiger partial charge is 0.376 e. The molecule has 0 aliphatic rings. The first kappa shape index (κ1) is 27.5. The predicted molar refractivity (Wildman–Crippen MR) is 120 cm³/mol. The van der Waals surface area contributed by atoms with Gasteiger partial charge in [-0.25, -0.2) is 17.8 Å². The van der Waals surface area contributed by atoms with Crippen LogP contribution in [0, 0.1) is 17.8 Å². The van der Waals surface area contributed by atoms with Crippen molar-refractivity contribution in [1.82, 2.24) is 4.72 Å². The zero-order valence-electron chi connectivity index (χ0n) is 18.3. The number of primary sulfonamides is 1. The molecule has 0 aliphatic carbocycles. The van der Waals surface area contributed by atoms with E-state index in [0.717, 1.165) is 6.07 Å². The van der Waals surface area contributed by atoms with Crippen LogP contribution in [0.1, 0.15) is 41.8 Å². The number of nitrogens with two attached hydrogens (primary N) is 1. The quantitative estimate of drug-likeness (QED) is 0.413. The summed E-state index contributed by atoms with van der Waals surface area (Å²) in [7, 11) is -6.44. The number of carbonyl (C=O) groups excluding carboxylic acids is 1. The number of amides is 1. The van der Waals surface area contributed by atoms with Gasteiger partial charge in [-0.2, -0.15) is 13.2 Å². The molecule has 1 unspecified atom stereocenters. The monoisotopic (exact) mass is 516 g/mol. The van der Waals surface area contributed by atoms with Gasteiger partial charge in [0.05, 0.1) is 29.4 Å². The third-order valence-corrected chi connectivity index (χ3v) is 6.42. The Bertz CT molecular complexity index is 1230. The van der Waals surface area contributed by atoms with Crippen molar-refractivity contribution in [1.29, 1.82) is 0 Å². The normalized spacial score (nSPS) is 12.7. The van der Waals surface area contributed by atoms with Crippen LogP contribution in [0.5, 0.6) is 0 Å². The molecule has 0 aliphatic heterocycles. The number of rotatable bonds is 8. The SMILES string of the molecule is CC(C)C#Cc1ccc(C(=O)NS(=O)c2ccccc2S(N)(=O)=O)cc1COCCC(F)(F)F. The fraction of sp³-hybridized carbons (Fsp3) is 0.318. The van der Waals surface area contributed by atoms with E-state index in [-0.39, 0.29) is 23.0 Å². The Labute approximate surface area is 198 Å². The number of hydrogen-bond donors (Lipinski definition) is 2. The van der Waals surface area contributed by atoms with Crippen LogP contribution < -0.4 is 9.86 Å². The number of carbonyl (C=O) groups is 1. The average Bonchev–Trinajstić information content (AvgIpc) is 2.74. The molecule has 12 heteroatoms. The highest BCUT2D eigenvalue weighted by atomic mass is 32.2. The minimum Gasteiger partial charge on any atom is -0.376 e. The molecule has 0 fully saturated rings. The van der Waals surface area contributed by atoms with Crippen molar-refractivity contribution in [2.75, 3.05) is 6.61 Å². The van der Waals surface area contributed by atoms with Gasteiger partial charge in [-0.05, 0) is 35.9 Å². The van der Waals surface area contributed by atoms with E-state index in [9.17, 15) is 30.6 Å². The maximum atomic E-state index is 12.7. The topological polar surface area (TPSA) is 116 Å². The summed E-state index contributed by atoms with van der Waals surface area (Å²) < 4.78 is 80.5. The van der Waals surface area contributed by atoms with Crippen LogP contribution in [-0.4, -0.2) is 31.3 Å². The summed E-state index contributed by atoms with van der Waals surface area (Å²) in [6, 6.07) is 9.52. The lowest BCUT2D eigenvalue weighted by Crippen LogP contribution is -2.27. The molecule has 0 spiro atoms. The lowest BCUT2D eigenvalue weighted by molar-refractivity contribution is -0.146. The van der Waals surface area contributed by atoms with Gasteiger partial charge in [-0.1, -0.05) is 37.8 Å². The van der Waals surface area contributed by atoms with E-state index < -0.39 is 51.0 Å². The van der Waals surface area contributed by atoms with Gasteiger partial charge in [0.1, 0.15) is 0 Å². The molecule has 0 saturated carbocycles. The third-order valence-electron chi connectivity index (χ3n) is 4.19. The number of nitrogens with one attached hydrogen (secondary N) is 1. The second-order valence-electron chi connectivity index (χ2n) is 7.41. The molecular formula is C22H23F3N2O5S2. The highest BCUT2D eigenvalue weighted by Gasteiger charge is 2.26. The first-order valence-corrected chi connectivity index (χ1v) is 12.6. The minimum atomic E-state index is -4.36. The Morgan fingerprint density at radius 2 is 1.88 bits per heavy atom. The number of halogens is 3. The molecular weight excluding hydrogens is 493 g/mol. The zero-order valence-corrected chi connectivity index (χ0v) is 19.9. The molecule has 3 N–H and O–H groups in total. The van der Waals surface area contributed by atoms with E-state index in [1.807, 2.05) is 13.8 Å². The Morgan fingerprint density at radius 3 is 2.50 bits per heavy atom. The maximum Gasteiger partial charge on any atom is 0.391 e. The van der Waals surface area contributed by atoms with Gasteiger partial charge < -0.3 is 4.74 Å². The van der Waals surface area contributed by atoms with Crippen LogP contribution in [0.2, 0.25) is 0 Å².